The van der Waals surface area contributed by atoms with Crippen LogP contribution in [-0.4, -0.2) is 5.91 Å². The summed E-state index contributed by atoms with van der Waals surface area (Å²) in [5.74, 6) is -0.813. The molecule has 0 atom stereocenters. The maximum Gasteiger partial charge on any atom is 0.234 e. The third-order valence-corrected chi connectivity index (χ3v) is 2.79. The monoisotopic (exact) mass is 298 g/mol. The van der Waals surface area contributed by atoms with Crippen LogP contribution in [0.5, 0.6) is 0 Å². The molecule has 1 aromatic carbocycles. The molecule has 0 radical (unpaired) electrons. The average molecular weight is 299 g/mol. The van der Waals surface area contributed by atoms with Gasteiger partial charge in [0, 0.05) is 10.0 Å². The molecule has 1 amide bonds. The smallest absolute Gasteiger partial charge is 0.234 e. The second kappa shape index (κ2) is 5.28. The first kappa shape index (κ1) is 13.7. The maximum atomic E-state index is 13.7. The van der Waals surface area contributed by atoms with E-state index in [0.29, 0.717) is 5.56 Å². The van der Waals surface area contributed by atoms with E-state index in [4.69, 9.17) is 5.26 Å². The van der Waals surface area contributed by atoms with Crippen LogP contribution in [0.25, 0.3) is 0 Å². The fraction of sp³-hybridized carbons (Fsp3) is 0.333. The molecular formula is C12H12BrFN2O. The van der Waals surface area contributed by atoms with Crippen LogP contribution in [0.15, 0.2) is 22.7 Å². The number of rotatable bonds is 3. The van der Waals surface area contributed by atoms with Gasteiger partial charge in [0.05, 0.1) is 11.6 Å². The molecule has 17 heavy (non-hydrogen) atoms. The van der Waals surface area contributed by atoms with Gasteiger partial charge in [0.1, 0.15) is 12.2 Å². The number of amides is 1. The van der Waals surface area contributed by atoms with Crippen molar-refractivity contribution in [2.45, 2.75) is 25.8 Å². The van der Waals surface area contributed by atoms with Crippen LogP contribution in [0, 0.1) is 17.1 Å². The molecular weight excluding hydrogens is 287 g/mol. The van der Waals surface area contributed by atoms with Gasteiger partial charge in [-0.15, -0.1) is 0 Å². The van der Waals surface area contributed by atoms with Gasteiger partial charge in [-0.1, -0.05) is 15.9 Å². The first-order valence-electron chi connectivity index (χ1n) is 5.00. The lowest BCUT2D eigenvalue weighted by atomic mass is 9.93. The Morgan fingerprint density at radius 2 is 2.24 bits per heavy atom. The van der Waals surface area contributed by atoms with Crippen molar-refractivity contribution in [3.63, 3.8) is 0 Å². The van der Waals surface area contributed by atoms with Gasteiger partial charge in [-0.25, -0.2) is 4.39 Å². The molecule has 0 heterocycles. The molecule has 0 unspecified atom stereocenters. The number of carbonyl (C=O) groups is 1. The highest BCUT2D eigenvalue weighted by Gasteiger charge is 2.26. The largest absolute Gasteiger partial charge is 0.346 e. The summed E-state index contributed by atoms with van der Waals surface area (Å²) in [7, 11) is 0. The van der Waals surface area contributed by atoms with Crippen LogP contribution in [-0.2, 0) is 10.3 Å². The van der Waals surface area contributed by atoms with Gasteiger partial charge in [0.25, 0.3) is 0 Å². The van der Waals surface area contributed by atoms with Gasteiger partial charge in [0.15, 0.2) is 0 Å². The Morgan fingerprint density at radius 3 is 2.82 bits per heavy atom. The molecule has 0 aliphatic carbocycles. The van der Waals surface area contributed by atoms with Gasteiger partial charge in [-0.2, -0.15) is 5.26 Å². The van der Waals surface area contributed by atoms with E-state index in [2.05, 4.69) is 21.2 Å². The Labute approximate surface area is 108 Å². The molecule has 1 aromatic rings. The molecule has 0 spiro atoms. The fourth-order valence-corrected chi connectivity index (χ4v) is 1.87. The number of carbonyl (C=O) groups excluding carboxylic acids is 1. The van der Waals surface area contributed by atoms with Crippen molar-refractivity contribution in [1.29, 1.82) is 5.26 Å². The first-order chi connectivity index (χ1) is 7.86. The van der Waals surface area contributed by atoms with Crippen LogP contribution in [0.3, 0.4) is 0 Å². The predicted molar refractivity (Wildman–Crippen MR) is 65.5 cm³/mol. The minimum Gasteiger partial charge on any atom is -0.346 e. The minimum absolute atomic E-state index is 0.237. The molecule has 0 saturated heterocycles. The van der Waals surface area contributed by atoms with Crippen LogP contribution >= 0.6 is 15.9 Å². The van der Waals surface area contributed by atoms with E-state index >= 15 is 0 Å². The Bertz CT molecular complexity index is 480. The summed E-state index contributed by atoms with van der Waals surface area (Å²) in [6.45, 7) is 3.38. The molecule has 0 bridgehead atoms. The summed E-state index contributed by atoms with van der Waals surface area (Å²) in [6, 6.07) is 6.29. The van der Waals surface area contributed by atoms with E-state index in [1.807, 2.05) is 0 Å². The zero-order valence-electron chi connectivity index (χ0n) is 9.55. The predicted octanol–water partition coefficient (Wildman–Crippen LogP) is 2.85. The first-order valence-corrected chi connectivity index (χ1v) is 5.79. The van der Waals surface area contributed by atoms with E-state index in [-0.39, 0.29) is 6.42 Å². The molecule has 1 N–H and O–H groups in total. The number of halogens is 2. The van der Waals surface area contributed by atoms with Gasteiger partial charge in [-0.3, -0.25) is 4.79 Å². The van der Waals surface area contributed by atoms with Crippen LogP contribution in [0.2, 0.25) is 0 Å². The quantitative estimate of drug-likeness (QED) is 0.933. The summed E-state index contributed by atoms with van der Waals surface area (Å²) < 4.78 is 14.4. The molecule has 0 fully saturated rings. The standard InChI is InChI=1S/C12H12BrFN2O/c1-12(2,16-11(17)5-6-15)9-7-8(13)3-4-10(9)14/h3-4,7H,5H2,1-2H3,(H,16,17). The van der Waals surface area contributed by atoms with Gasteiger partial charge >= 0.3 is 0 Å². The zero-order chi connectivity index (χ0) is 13.1. The molecule has 0 aromatic heterocycles. The summed E-state index contributed by atoms with van der Waals surface area (Å²) in [5.41, 5.74) is -0.486. The van der Waals surface area contributed by atoms with E-state index in [0.717, 1.165) is 4.47 Å². The molecule has 5 heteroatoms. The van der Waals surface area contributed by atoms with Gasteiger partial charge < -0.3 is 5.32 Å². The number of nitriles is 1. The number of hydrogen-bond donors (Lipinski definition) is 1. The summed E-state index contributed by atoms with van der Waals surface area (Å²) in [5, 5.41) is 11.0. The molecule has 0 aliphatic heterocycles. The van der Waals surface area contributed by atoms with E-state index in [1.165, 1.54) is 6.07 Å². The Hall–Kier alpha value is -1.41. The lowest BCUT2D eigenvalue weighted by Gasteiger charge is -2.27. The van der Waals surface area contributed by atoms with Crippen molar-refractivity contribution in [3.8, 4) is 6.07 Å². The third-order valence-electron chi connectivity index (χ3n) is 2.29. The van der Waals surface area contributed by atoms with Crippen LogP contribution < -0.4 is 5.32 Å². The minimum atomic E-state index is -0.859. The second-order valence-corrected chi connectivity index (χ2v) is 5.05. The Kier molecular flexibility index (Phi) is 4.24. The zero-order valence-corrected chi connectivity index (χ0v) is 11.1. The highest BCUT2D eigenvalue weighted by molar-refractivity contribution is 9.10. The van der Waals surface area contributed by atoms with Crippen molar-refractivity contribution >= 4 is 21.8 Å². The highest BCUT2D eigenvalue weighted by Crippen LogP contribution is 2.26. The fourth-order valence-electron chi connectivity index (χ4n) is 1.51. The van der Waals surface area contributed by atoms with Crippen LogP contribution in [0.4, 0.5) is 4.39 Å². The lowest BCUT2D eigenvalue weighted by Crippen LogP contribution is -2.41. The Balaban J connectivity index is 3.00. The molecule has 1 rings (SSSR count). The van der Waals surface area contributed by atoms with Crippen molar-refractivity contribution in [2.24, 2.45) is 0 Å². The number of nitrogens with zero attached hydrogens (tertiary/aromatic N) is 1. The highest BCUT2D eigenvalue weighted by atomic mass is 79.9. The summed E-state index contributed by atoms with van der Waals surface area (Å²) >= 11 is 3.25. The Morgan fingerprint density at radius 1 is 1.59 bits per heavy atom. The molecule has 0 aliphatic rings. The number of hydrogen-bond acceptors (Lipinski definition) is 2. The van der Waals surface area contributed by atoms with E-state index in [1.54, 1.807) is 32.0 Å². The SMILES string of the molecule is CC(C)(NC(=O)CC#N)c1cc(Br)ccc1F. The number of benzene rings is 1. The van der Waals surface area contributed by atoms with Crippen LogP contribution in [0.1, 0.15) is 25.8 Å². The van der Waals surface area contributed by atoms with Gasteiger partial charge in [-0.05, 0) is 32.0 Å². The maximum absolute atomic E-state index is 13.7. The van der Waals surface area contributed by atoms with E-state index in [9.17, 15) is 9.18 Å². The van der Waals surface area contributed by atoms with Crippen molar-refractivity contribution < 1.29 is 9.18 Å². The topological polar surface area (TPSA) is 52.9 Å². The second-order valence-electron chi connectivity index (χ2n) is 4.13. The van der Waals surface area contributed by atoms with Crippen molar-refractivity contribution in [3.05, 3.63) is 34.1 Å². The average Bonchev–Trinajstić information content (AvgIpc) is 2.21. The van der Waals surface area contributed by atoms with Crippen molar-refractivity contribution in [2.75, 3.05) is 0 Å². The summed E-state index contributed by atoms with van der Waals surface area (Å²) in [4.78, 5) is 11.4. The normalized spacial score (nSPS) is 10.8. The van der Waals surface area contributed by atoms with E-state index < -0.39 is 17.3 Å². The summed E-state index contributed by atoms with van der Waals surface area (Å²) in [6.07, 6.45) is -0.237. The molecule has 3 nitrogen and oxygen atoms in total. The van der Waals surface area contributed by atoms with Crippen molar-refractivity contribution in [1.82, 2.24) is 5.32 Å². The lowest BCUT2D eigenvalue weighted by molar-refractivity contribution is -0.121. The number of nitrogens with one attached hydrogen (secondary N) is 1. The third kappa shape index (κ3) is 3.53. The molecule has 0 saturated carbocycles. The molecule has 90 valence electrons. The van der Waals surface area contributed by atoms with Gasteiger partial charge in [0.2, 0.25) is 5.91 Å².